The second-order valence-corrected chi connectivity index (χ2v) is 4.57. The molecule has 19 heavy (non-hydrogen) atoms. The summed E-state index contributed by atoms with van der Waals surface area (Å²) >= 11 is 0. The van der Waals surface area contributed by atoms with Crippen LogP contribution in [0.3, 0.4) is 0 Å². The number of nitrogens with zero attached hydrogens (tertiary/aromatic N) is 2. The Bertz CT molecular complexity index is 490. The van der Waals surface area contributed by atoms with Gasteiger partial charge in [0, 0.05) is 19.6 Å². The Morgan fingerprint density at radius 2 is 2.00 bits per heavy atom. The molecular weight excluding hydrogens is 246 g/mol. The van der Waals surface area contributed by atoms with Crippen molar-refractivity contribution in [2.45, 2.75) is 6.04 Å². The van der Waals surface area contributed by atoms with E-state index in [9.17, 15) is 9.59 Å². The molecule has 2 fully saturated rings. The van der Waals surface area contributed by atoms with Crippen LogP contribution in [0.5, 0.6) is 5.75 Å². The summed E-state index contributed by atoms with van der Waals surface area (Å²) in [6, 6.07) is 6.32. The Kier molecular flexibility index (Phi) is 2.87. The second-order valence-electron chi connectivity index (χ2n) is 4.57. The summed E-state index contributed by atoms with van der Waals surface area (Å²) in [6.45, 7) is 1.82. The molecule has 1 atom stereocenters. The fourth-order valence-electron chi connectivity index (χ4n) is 2.49. The number of rotatable bonds is 2. The fraction of sp³-hybridized carbons (Fsp3) is 0.385. The van der Waals surface area contributed by atoms with E-state index >= 15 is 0 Å². The second kappa shape index (κ2) is 4.55. The Balaban J connectivity index is 1.91. The van der Waals surface area contributed by atoms with Crippen LogP contribution in [0.15, 0.2) is 24.3 Å². The molecule has 100 valence electrons. The minimum atomic E-state index is -0.372. The van der Waals surface area contributed by atoms with Crippen LogP contribution in [0.25, 0.3) is 0 Å². The number of fused-ring (bicyclic) bond motifs is 1. The third-order valence-electron chi connectivity index (χ3n) is 3.52. The van der Waals surface area contributed by atoms with Crippen molar-refractivity contribution in [1.82, 2.24) is 10.2 Å². The molecule has 0 spiro atoms. The molecule has 0 aromatic heterocycles. The van der Waals surface area contributed by atoms with Gasteiger partial charge in [0.2, 0.25) is 0 Å². The SMILES string of the molecule is COc1ccc(N2C(=O)C3CNCCN3C2=O)cc1. The van der Waals surface area contributed by atoms with Crippen molar-refractivity contribution >= 4 is 17.6 Å². The molecule has 2 aliphatic heterocycles. The fourth-order valence-corrected chi connectivity index (χ4v) is 2.49. The maximum Gasteiger partial charge on any atom is 0.332 e. The van der Waals surface area contributed by atoms with Crippen molar-refractivity contribution in [3.8, 4) is 5.75 Å². The maximum absolute atomic E-state index is 12.3. The average Bonchev–Trinajstić information content (AvgIpc) is 2.72. The van der Waals surface area contributed by atoms with Crippen LogP contribution in [0.2, 0.25) is 0 Å². The molecule has 2 aliphatic rings. The highest BCUT2D eigenvalue weighted by Gasteiger charge is 2.46. The van der Waals surface area contributed by atoms with Crippen molar-refractivity contribution in [1.29, 1.82) is 0 Å². The summed E-state index contributed by atoms with van der Waals surface area (Å²) in [5, 5.41) is 3.14. The highest BCUT2D eigenvalue weighted by Crippen LogP contribution is 2.27. The lowest BCUT2D eigenvalue weighted by molar-refractivity contribution is -0.120. The maximum atomic E-state index is 12.3. The molecule has 2 heterocycles. The van der Waals surface area contributed by atoms with Gasteiger partial charge in [-0.2, -0.15) is 0 Å². The van der Waals surface area contributed by atoms with Gasteiger partial charge in [0.05, 0.1) is 12.8 Å². The first-order valence-corrected chi connectivity index (χ1v) is 6.21. The van der Waals surface area contributed by atoms with Gasteiger partial charge in [-0.1, -0.05) is 0 Å². The van der Waals surface area contributed by atoms with E-state index in [4.69, 9.17) is 4.74 Å². The molecule has 1 unspecified atom stereocenters. The number of urea groups is 1. The van der Waals surface area contributed by atoms with E-state index in [-0.39, 0.29) is 18.0 Å². The van der Waals surface area contributed by atoms with E-state index in [0.717, 1.165) is 6.54 Å². The molecule has 6 heteroatoms. The average molecular weight is 261 g/mol. The van der Waals surface area contributed by atoms with E-state index < -0.39 is 0 Å². The van der Waals surface area contributed by atoms with Crippen LogP contribution >= 0.6 is 0 Å². The summed E-state index contributed by atoms with van der Waals surface area (Å²) < 4.78 is 5.07. The zero-order valence-electron chi connectivity index (χ0n) is 10.6. The number of nitrogens with one attached hydrogen (secondary N) is 1. The van der Waals surface area contributed by atoms with E-state index in [1.54, 1.807) is 36.3 Å². The summed E-state index contributed by atoms with van der Waals surface area (Å²) in [6.07, 6.45) is 0. The molecule has 6 nitrogen and oxygen atoms in total. The number of hydrogen-bond acceptors (Lipinski definition) is 4. The number of anilines is 1. The van der Waals surface area contributed by atoms with Crippen LogP contribution in [0, 0.1) is 0 Å². The number of amides is 3. The van der Waals surface area contributed by atoms with Gasteiger partial charge in [-0.15, -0.1) is 0 Å². The normalized spacial score (nSPS) is 22.7. The molecule has 3 rings (SSSR count). The highest BCUT2D eigenvalue weighted by molar-refractivity contribution is 6.21. The Morgan fingerprint density at radius 3 is 2.63 bits per heavy atom. The van der Waals surface area contributed by atoms with Crippen LogP contribution in [0.4, 0.5) is 10.5 Å². The summed E-state index contributed by atoms with van der Waals surface area (Å²) in [7, 11) is 1.58. The zero-order valence-corrected chi connectivity index (χ0v) is 10.6. The molecule has 0 aliphatic carbocycles. The molecule has 0 radical (unpaired) electrons. The van der Waals surface area contributed by atoms with Crippen LogP contribution in [-0.4, -0.2) is 49.6 Å². The van der Waals surface area contributed by atoms with Crippen molar-refractivity contribution in [2.24, 2.45) is 0 Å². The molecule has 1 N–H and O–H groups in total. The van der Waals surface area contributed by atoms with Gasteiger partial charge in [0.25, 0.3) is 5.91 Å². The molecular formula is C13H15N3O3. The standard InChI is InChI=1S/C13H15N3O3/c1-19-10-4-2-9(3-5-10)16-12(17)11-8-14-6-7-15(11)13(16)18/h2-5,11,14H,6-8H2,1H3. The monoisotopic (exact) mass is 261 g/mol. The van der Waals surface area contributed by atoms with Crippen LogP contribution < -0.4 is 15.0 Å². The van der Waals surface area contributed by atoms with E-state index in [1.165, 1.54) is 4.90 Å². The summed E-state index contributed by atoms with van der Waals surface area (Å²) in [5.41, 5.74) is 0.588. The largest absolute Gasteiger partial charge is 0.497 e. The number of imide groups is 1. The molecule has 0 saturated carbocycles. The van der Waals surface area contributed by atoms with Gasteiger partial charge in [0.15, 0.2) is 0 Å². The predicted molar refractivity (Wildman–Crippen MR) is 69.2 cm³/mol. The Hall–Kier alpha value is -2.08. The van der Waals surface area contributed by atoms with Gasteiger partial charge in [-0.05, 0) is 24.3 Å². The van der Waals surface area contributed by atoms with Gasteiger partial charge >= 0.3 is 6.03 Å². The number of ether oxygens (including phenoxy) is 1. The summed E-state index contributed by atoms with van der Waals surface area (Å²) in [4.78, 5) is 27.4. The first kappa shape index (κ1) is 12.0. The van der Waals surface area contributed by atoms with E-state index in [0.29, 0.717) is 24.5 Å². The van der Waals surface area contributed by atoms with Crippen LogP contribution in [0.1, 0.15) is 0 Å². The number of carbonyl (C=O) groups is 2. The minimum absolute atomic E-state index is 0.164. The molecule has 1 aromatic carbocycles. The molecule has 0 bridgehead atoms. The number of piperazine rings is 1. The van der Waals surface area contributed by atoms with Crippen molar-refractivity contribution in [3.63, 3.8) is 0 Å². The van der Waals surface area contributed by atoms with E-state index in [2.05, 4.69) is 5.32 Å². The number of hydrogen-bond donors (Lipinski definition) is 1. The van der Waals surface area contributed by atoms with Crippen molar-refractivity contribution in [3.05, 3.63) is 24.3 Å². The van der Waals surface area contributed by atoms with Gasteiger partial charge < -0.3 is 15.0 Å². The molecule has 3 amide bonds. The lowest BCUT2D eigenvalue weighted by Crippen LogP contribution is -2.51. The molecule has 2 saturated heterocycles. The van der Waals surface area contributed by atoms with Gasteiger partial charge in [-0.25, -0.2) is 9.69 Å². The minimum Gasteiger partial charge on any atom is -0.497 e. The van der Waals surface area contributed by atoms with Gasteiger partial charge in [-0.3, -0.25) is 4.79 Å². The third-order valence-corrected chi connectivity index (χ3v) is 3.52. The molecule has 1 aromatic rings. The topological polar surface area (TPSA) is 61.9 Å². The quantitative estimate of drug-likeness (QED) is 0.785. The zero-order chi connectivity index (χ0) is 13.4. The summed E-state index contributed by atoms with van der Waals surface area (Å²) in [5.74, 6) is 0.532. The lowest BCUT2D eigenvalue weighted by Gasteiger charge is -2.26. The highest BCUT2D eigenvalue weighted by atomic mass is 16.5. The Labute approximate surface area is 110 Å². The number of benzene rings is 1. The third kappa shape index (κ3) is 1.84. The first-order chi connectivity index (χ1) is 9.22. The number of carbonyl (C=O) groups excluding carboxylic acids is 2. The van der Waals surface area contributed by atoms with Gasteiger partial charge in [0.1, 0.15) is 11.8 Å². The van der Waals surface area contributed by atoms with Crippen LogP contribution in [-0.2, 0) is 4.79 Å². The smallest absolute Gasteiger partial charge is 0.332 e. The van der Waals surface area contributed by atoms with Crippen molar-refractivity contribution < 1.29 is 14.3 Å². The van der Waals surface area contributed by atoms with E-state index in [1.807, 2.05) is 0 Å². The number of methoxy groups -OCH3 is 1. The van der Waals surface area contributed by atoms with Crippen molar-refractivity contribution in [2.75, 3.05) is 31.6 Å². The Morgan fingerprint density at radius 1 is 1.26 bits per heavy atom. The first-order valence-electron chi connectivity index (χ1n) is 6.21. The predicted octanol–water partition coefficient (Wildman–Crippen LogP) is 0.436. The lowest BCUT2D eigenvalue weighted by atomic mass is 10.2.